The van der Waals surface area contributed by atoms with Crippen LogP contribution in [0.25, 0.3) is 21.0 Å². The van der Waals surface area contributed by atoms with E-state index in [1.807, 2.05) is 48.5 Å². The van der Waals surface area contributed by atoms with Gasteiger partial charge in [0.1, 0.15) is 5.75 Å². The first-order valence-corrected chi connectivity index (χ1v) is 8.21. The van der Waals surface area contributed by atoms with E-state index in [9.17, 15) is 5.11 Å². The normalized spacial score (nSPS) is 11.7. The number of rotatable bonds is 2. The van der Waals surface area contributed by atoms with Gasteiger partial charge in [-0.05, 0) is 35.0 Å². The molecule has 0 unspecified atom stereocenters. The number of phenols is 1. The molecule has 1 aromatic heterocycles. The fourth-order valence-corrected chi connectivity index (χ4v) is 3.57. The molecule has 0 amide bonds. The van der Waals surface area contributed by atoms with Gasteiger partial charge >= 0.3 is 0 Å². The minimum absolute atomic E-state index is 0.205. The van der Waals surface area contributed by atoms with Crippen LogP contribution in [-0.2, 0) is 0 Å². The van der Waals surface area contributed by atoms with Crippen molar-refractivity contribution in [3.63, 3.8) is 0 Å². The highest BCUT2D eigenvalue weighted by molar-refractivity contribution is 7.22. The number of hydrogen-bond donors (Lipinski definition) is 1. The Hall–Kier alpha value is -2.43. The summed E-state index contributed by atoms with van der Waals surface area (Å²) in [6, 6.07) is 17.0. The summed E-state index contributed by atoms with van der Waals surface area (Å²) in [6.07, 6.45) is 1.66. The second-order valence-corrected chi connectivity index (χ2v) is 6.53. The van der Waals surface area contributed by atoms with Crippen LogP contribution in [0, 0.1) is 0 Å². The van der Waals surface area contributed by atoms with Gasteiger partial charge in [-0.25, -0.2) is 9.98 Å². The van der Waals surface area contributed by atoms with E-state index in [-0.39, 0.29) is 5.75 Å². The summed E-state index contributed by atoms with van der Waals surface area (Å²) >= 11 is 7.46. The topological polar surface area (TPSA) is 45.5 Å². The zero-order valence-corrected chi connectivity index (χ0v) is 13.5. The fourth-order valence-electron chi connectivity index (χ4n) is 2.48. The quantitative estimate of drug-likeness (QED) is 0.486. The van der Waals surface area contributed by atoms with Crippen molar-refractivity contribution in [2.75, 3.05) is 0 Å². The van der Waals surface area contributed by atoms with Crippen LogP contribution >= 0.6 is 22.9 Å². The number of benzene rings is 3. The zero-order chi connectivity index (χ0) is 15.8. The lowest BCUT2D eigenvalue weighted by Crippen LogP contribution is -1.85. The summed E-state index contributed by atoms with van der Waals surface area (Å²) in [5.41, 5.74) is 1.56. The molecule has 4 aromatic rings. The molecule has 0 aliphatic rings. The fraction of sp³-hybridized carbons (Fsp3) is 0. The first-order chi connectivity index (χ1) is 11.2. The van der Waals surface area contributed by atoms with E-state index in [2.05, 4.69) is 9.98 Å². The van der Waals surface area contributed by atoms with Gasteiger partial charge in [-0.3, -0.25) is 0 Å². The predicted molar refractivity (Wildman–Crippen MR) is 97.5 cm³/mol. The molecule has 0 fully saturated rings. The Labute approximate surface area is 141 Å². The number of aromatic hydroxyl groups is 1. The maximum Gasteiger partial charge on any atom is 0.210 e. The summed E-state index contributed by atoms with van der Waals surface area (Å²) in [5.74, 6) is 0.205. The average molecular weight is 339 g/mol. The first-order valence-electron chi connectivity index (χ1n) is 7.01. The van der Waals surface area contributed by atoms with Crippen molar-refractivity contribution < 1.29 is 5.11 Å². The molecule has 1 heterocycles. The maximum absolute atomic E-state index is 10.1. The van der Waals surface area contributed by atoms with Crippen LogP contribution in [0.15, 0.2) is 59.6 Å². The second-order valence-electron chi connectivity index (χ2n) is 5.09. The van der Waals surface area contributed by atoms with Crippen molar-refractivity contribution >= 4 is 55.3 Å². The lowest BCUT2D eigenvalue weighted by atomic mass is 10.0. The number of halogens is 1. The van der Waals surface area contributed by atoms with Gasteiger partial charge in [-0.15, -0.1) is 0 Å². The van der Waals surface area contributed by atoms with Gasteiger partial charge in [0.2, 0.25) is 5.13 Å². The third-order valence-electron chi connectivity index (χ3n) is 3.59. The van der Waals surface area contributed by atoms with E-state index in [4.69, 9.17) is 11.6 Å². The Kier molecular flexibility index (Phi) is 3.48. The number of hydrogen-bond acceptors (Lipinski definition) is 4. The number of nitrogens with zero attached hydrogens (tertiary/aromatic N) is 2. The van der Waals surface area contributed by atoms with Crippen LogP contribution < -0.4 is 0 Å². The summed E-state index contributed by atoms with van der Waals surface area (Å²) in [4.78, 5) is 8.89. The molecular weight excluding hydrogens is 328 g/mol. The Balaban J connectivity index is 1.79. The lowest BCUT2D eigenvalue weighted by Gasteiger charge is -2.03. The molecule has 0 aliphatic carbocycles. The highest BCUT2D eigenvalue weighted by Crippen LogP contribution is 2.31. The number of aliphatic imine (C=N–C) groups is 1. The molecule has 23 heavy (non-hydrogen) atoms. The van der Waals surface area contributed by atoms with E-state index >= 15 is 0 Å². The monoisotopic (exact) mass is 338 g/mol. The minimum Gasteiger partial charge on any atom is -0.507 e. The SMILES string of the molecule is Oc1ccc2ccccc2c1C=Nc1nc2ccc(Cl)cc2s1. The number of aromatic nitrogens is 1. The van der Waals surface area contributed by atoms with Crippen LogP contribution in [0.5, 0.6) is 5.75 Å². The standard InChI is InChI=1S/C18H11ClN2OS/c19-12-6-7-15-17(9-12)23-18(21-15)20-10-14-13-4-2-1-3-11(13)5-8-16(14)22/h1-10,22H. The second kappa shape index (κ2) is 5.65. The Morgan fingerprint density at radius 1 is 1.09 bits per heavy atom. The molecule has 0 saturated heterocycles. The van der Waals surface area contributed by atoms with Crippen molar-refractivity contribution in [3.8, 4) is 5.75 Å². The number of thiazole rings is 1. The van der Waals surface area contributed by atoms with Gasteiger partial charge in [0.05, 0.1) is 10.2 Å². The summed E-state index contributed by atoms with van der Waals surface area (Å²) < 4.78 is 0.992. The smallest absolute Gasteiger partial charge is 0.210 e. The van der Waals surface area contributed by atoms with Crippen LogP contribution in [0.4, 0.5) is 5.13 Å². The average Bonchev–Trinajstić information content (AvgIpc) is 2.96. The molecule has 4 rings (SSSR count). The van der Waals surface area contributed by atoms with Crippen LogP contribution in [0.2, 0.25) is 5.02 Å². The van der Waals surface area contributed by atoms with Gasteiger partial charge in [0.15, 0.2) is 0 Å². The minimum atomic E-state index is 0.205. The van der Waals surface area contributed by atoms with Crippen molar-refractivity contribution in [3.05, 3.63) is 65.2 Å². The third-order valence-corrected chi connectivity index (χ3v) is 4.75. The Morgan fingerprint density at radius 3 is 2.87 bits per heavy atom. The largest absolute Gasteiger partial charge is 0.507 e. The molecule has 0 saturated carbocycles. The Bertz CT molecular complexity index is 1060. The summed E-state index contributed by atoms with van der Waals surface area (Å²) in [5, 5.41) is 13.5. The van der Waals surface area contributed by atoms with E-state index in [0.717, 1.165) is 21.0 Å². The van der Waals surface area contributed by atoms with Crippen LogP contribution in [0.1, 0.15) is 5.56 Å². The van der Waals surface area contributed by atoms with Crippen molar-refractivity contribution in [1.29, 1.82) is 0 Å². The summed E-state index contributed by atoms with van der Waals surface area (Å²) in [7, 11) is 0. The molecule has 0 spiro atoms. The maximum atomic E-state index is 10.1. The van der Waals surface area contributed by atoms with Gasteiger partial charge in [-0.2, -0.15) is 0 Å². The molecule has 3 aromatic carbocycles. The predicted octanol–water partition coefficient (Wildman–Crippen LogP) is 5.56. The van der Waals surface area contributed by atoms with Gasteiger partial charge in [-0.1, -0.05) is 53.3 Å². The molecule has 3 nitrogen and oxygen atoms in total. The van der Waals surface area contributed by atoms with Gasteiger partial charge in [0, 0.05) is 16.8 Å². The van der Waals surface area contributed by atoms with E-state index in [1.54, 1.807) is 12.3 Å². The third kappa shape index (κ3) is 2.67. The number of fused-ring (bicyclic) bond motifs is 2. The highest BCUT2D eigenvalue weighted by Gasteiger charge is 2.06. The molecule has 1 N–H and O–H groups in total. The summed E-state index contributed by atoms with van der Waals surface area (Å²) in [6.45, 7) is 0. The van der Waals surface area contributed by atoms with Crippen LogP contribution in [0.3, 0.4) is 0 Å². The van der Waals surface area contributed by atoms with Crippen molar-refractivity contribution in [1.82, 2.24) is 4.98 Å². The molecule has 0 atom stereocenters. The van der Waals surface area contributed by atoms with E-state index in [0.29, 0.717) is 15.7 Å². The first kappa shape index (κ1) is 14.2. The van der Waals surface area contributed by atoms with E-state index in [1.165, 1.54) is 11.3 Å². The van der Waals surface area contributed by atoms with Gasteiger partial charge in [0.25, 0.3) is 0 Å². The highest BCUT2D eigenvalue weighted by atomic mass is 35.5. The van der Waals surface area contributed by atoms with Crippen molar-refractivity contribution in [2.24, 2.45) is 4.99 Å². The molecule has 112 valence electrons. The van der Waals surface area contributed by atoms with Crippen LogP contribution in [-0.4, -0.2) is 16.3 Å². The van der Waals surface area contributed by atoms with E-state index < -0.39 is 0 Å². The zero-order valence-electron chi connectivity index (χ0n) is 11.9. The number of phenolic OH excluding ortho intramolecular Hbond substituents is 1. The molecule has 0 radical (unpaired) electrons. The van der Waals surface area contributed by atoms with Crippen molar-refractivity contribution in [2.45, 2.75) is 0 Å². The Morgan fingerprint density at radius 2 is 1.96 bits per heavy atom. The molecular formula is C18H11ClN2OS. The lowest BCUT2D eigenvalue weighted by molar-refractivity contribution is 0.475. The molecule has 0 aliphatic heterocycles. The molecule has 5 heteroatoms. The molecule has 0 bridgehead atoms. The van der Waals surface area contributed by atoms with Gasteiger partial charge < -0.3 is 5.11 Å².